The molecule has 1 amide bonds. The van der Waals surface area contributed by atoms with Gasteiger partial charge in [0.2, 0.25) is 5.91 Å². The van der Waals surface area contributed by atoms with Crippen molar-refractivity contribution >= 4 is 23.4 Å². The summed E-state index contributed by atoms with van der Waals surface area (Å²) >= 11 is 1.67. The fourth-order valence-electron chi connectivity index (χ4n) is 2.93. The minimum Gasteiger partial charge on any atom is -0.349 e. The van der Waals surface area contributed by atoms with Crippen molar-refractivity contribution in [1.82, 2.24) is 9.47 Å². The zero-order valence-electron chi connectivity index (χ0n) is 13.0. The molecule has 1 aromatic carbocycles. The molecule has 0 spiro atoms. The first-order valence-corrected chi connectivity index (χ1v) is 8.73. The molecular weight excluding hydrogens is 294 g/mol. The zero-order chi connectivity index (χ0) is 15.5. The fourth-order valence-corrected chi connectivity index (χ4v) is 3.39. The van der Waals surface area contributed by atoms with Crippen molar-refractivity contribution in [3.05, 3.63) is 48.3 Å². The molecule has 0 bridgehead atoms. The predicted octanol–water partition coefficient (Wildman–Crippen LogP) is 3.23. The van der Waals surface area contributed by atoms with Crippen LogP contribution in [0.2, 0.25) is 0 Å². The summed E-state index contributed by atoms with van der Waals surface area (Å²) in [4.78, 5) is 15.7. The van der Waals surface area contributed by atoms with Gasteiger partial charge in [0.25, 0.3) is 0 Å². The minimum absolute atomic E-state index is 0.0464. The van der Waals surface area contributed by atoms with E-state index in [1.54, 1.807) is 11.8 Å². The van der Waals surface area contributed by atoms with Crippen molar-refractivity contribution in [2.75, 3.05) is 24.7 Å². The number of hydrogen-bond acceptors (Lipinski definition) is 3. The first-order valence-electron chi connectivity index (χ1n) is 7.50. The average Bonchev–Trinajstić information content (AvgIpc) is 2.99. The molecule has 1 atom stereocenters. The van der Waals surface area contributed by atoms with E-state index < -0.39 is 0 Å². The van der Waals surface area contributed by atoms with E-state index in [-0.39, 0.29) is 11.9 Å². The Balaban J connectivity index is 1.62. The lowest BCUT2D eigenvalue weighted by atomic mass is 10.1. The van der Waals surface area contributed by atoms with Crippen molar-refractivity contribution in [1.29, 1.82) is 0 Å². The number of carbonyl (C=O) groups excluding carboxylic acids is 1. The van der Waals surface area contributed by atoms with E-state index in [0.717, 1.165) is 23.7 Å². The lowest BCUT2D eigenvalue weighted by Crippen LogP contribution is -2.41. The van der Waals surface area contributed by atoms with Crippen LogP contribution in [-0.4, -0.2) is 34.7 Å². The number of amides is 1. The van der Waals surface area contributed by atoms with Gasteiger partial charge >= 0.3 is 0 Å². The summed E-state index contributed by atoms with van der Waals surface area (Å²) in [5, 5.41) is 3.00. The van der Waals surface area contributed by atoms with E-state index in [2.05, 4.69) is 40.0 Å². The van der Waals surface area contributed by atoms with Crippen molar-refractivity contribution in [3.8, 4) is 0 Å². The van der Waals surface area contributed by atoms with Gasteiger partial charge in [0.1, 0.15) is 0 Å². The molecule has 0 aliphatic carbocycles. The Morgan fingerprint density at radius 2 is 2.18 bits per heavy atom. The van der Waals surface area contributed by atoms with Crippen LogP contribution < -0.4 is 5.32 Å². The predicted molar refractivity (Wildman–Crippen MR) is 91.3 cm³/mol. The average molecular weight is 315 g/mol. The van der Waals surface area contributed by atoms with Crippen LogP contribution in [0.4, 0.5) is 5.69 Å². The molecule has 5 heteroatoms. The summed E-state index contributed by atoms with van der Waals surface area (Å²) in [5.41, 5.74) is 2.15. The molecule has 1 unspecified atom stereocenters. The van der Waals surface area contributed by atoms with E-state index in [9.17, 15) is 4.79 Å². The second kappa shape index (κ2) is 6.58. The summed E-state index contributed by atoms with van der Waals surface area (Å²) < 4.78 is 2.26. The molecule has 0 radical (unpaired) electrons. The summed E-state index contributed by atoms with van der Waals surface area (Å²) in [5.74, 6) is 0.0464. The second-order valence-electron chi connectivity index (χ2n) is 5.55. The van der Waals surface area contributed by atoms with Crippen LogP contribution in [0.3, 0.4) is 0 Å². The SMILES string of the molecule is CSc1cccc(NC(=O)CN2CCn3cccc3C2C)c1. The molecular formula is C17H21N3OS. The van der Waals surface area contributed by atoms with Gasteiger partial charge < -0.3 is 9.88 Å². The molecule has 0 saturated carbocycles. The van der Waals surface area contributed by atoms with E-state index in [0.29, 0.717) is 6.54 Å². The highest BCUT2D eigenvalue weighted by Gasteiger charge is 2.24. The number of nitrogens with zero attached hydrogens (tertiary/aromatic N) is 2. The van der Waals surface area contributed by atoms with Gasteiger partial charge in [-0.2, -0.15) is 0 Å². The molecule has 1 aliphatic rings. The molecule has 1 N–H and O–H groups in total. The third-order valence-electron chi connectivity index (χ3n) is 4.17. The summed E-state index contributed by atoms with van der Waals surface area (Å²) in [7, 11) is 0. The highest BCUT2D eigenvalue weighted by atomic mass is 32.2. The van der Waals surface area contributed by atoms with Crippen molar-refractivity contribution < 1.29 is 4.79 Å². The molecule has 0 saturated heterocycles. The number of carbonyl (C=O) groups is 1. The smallest absolute Gasteiger partial charge is 0.238 e. The fraction of sp³-hybridized carbons (Fsp3) is 0.353. The summed E-state index contributed by atoms with van der Waals surface area (Å²) in [6.07, 6.45) is 4.14. The second-order valence-corrected chi connectivity index (χ2v) is 6.43. The number of nitrogens with one attached hydrogen (secondary N) is 1. The molecule has 2 heterocycles. The van der Waals surface area contributed by atoms with Gasteiger partial charge in [-0.25, -0.2) is 0 Å². The quantitative estimate of drug-likeness (QED) is 0.880. The van der Waals surface area contributed by atoms with Crippen molar-refractivity contribution in [2.45, 2.75) is 24.4 Å². The topological polar surface area (TPSA) is 37.3 Å². The van der Waals surface area contributed by atoms with Crippen LogP contribution in [-0.2, 0) is 11.3 Å². The van der Waals surface area contributed by atoms with Gasteiger partial charge in [-0.1, -0.05) is 6.07 Å². The van der Waals surface area contributed by atoms with Gasteiger partial charge in [-0.15, -0.1) is 11.8 Å². The van der Waals surface area contributed by atoms with E-state index in [1.165, 1.54) is 5.69 Å². The van der Waals surface area contributed by atoms with Gasteiger partial charge in [0.05, 0.1) is 6.54 Å². The Labute approximate surface area is 135 Å². The number of benzene rings is 1. The summed E-state index contributed by atoms with van der Waals surface area (Å²) in [6.45, 7) is 4.44. The van der Waals surface area contributed by atoms with Crippen LogP contribution in [0.5, 0.6) is 0 Å². The minimum atomic E-state index is 0.0464. The Hall–Kier alpha value is -1.72. The Morgan fingerprint density at radius 3 is 3.00 bits per heavy atom. The number of thioether (sulfide) groups is 1. The van der Waals surface area contributed by atoms with E-state index >= 15 is 0 Å². The Kier molecular flexibility index (Phi) is 4.55. The van der Waals surface area contributed by atoms with Crippen molar-refractivity contribution in [3.63, 3.8) is 0 Å². The maximum absolute atomic E-state index is 12.3. The van der Waals surface area contributed by atoms with E-state index in [4.69, 9.17) is 0 Å². The number of rotatable bonds is 4. The molecule has 3 rings (SSSR count). The van der Waals surface area contributed by atoms with Crippen LogP contribution in [0.15, 0.2) is 47.5 Å². The van der Waals surface area contributed by atoms with Gasteiger partial charge in [-0.3, -0.25) is 9.69 Å². The van der Waals surface area contributed by atoms with Gasteiger partial charge in [0, 0.05) is 41.6 Å². The van der Waals surface area contributed by atoms with Crippen LogP contribution >= 0.6 is 11.8 Å². The van der Waals surface area contributed by atoms with Crippen LogP contribution in [0, 0.1) is 0 Å². The monoisotopic (exact) mass is 315 g/mol. The highest BCUT2D eigenvalue weighted by Crippen LogP contribution is 2.25. The first kappa shape index (κ1) is 15.2. The molecule has 1 aliphatic heterocycles. The summed E-state index contributed by atoms with van der Waals surface area (Å²) in [6, 6.07) is 12.4. The van der Waals surface area contributed by atoms with Gasteiger partial charge in [0.15, 0.2) is 0 Å². The Bertz CT molecular complexity index is 667. The van der Waals surface area contributed by atoms with Crippen LogP contribution in [0.25, 0.3) is 0 Å². The number of hydrogen-bond donors (Lipinski definition) is 1. The Morgan fingerprint density at radius 1 is 1.32 bits per heavy atom. The third-order valence-corrected chi connectivity index (χ3v) is 4.89. The highest BCUT2D eigenvalue weighted by molar-refractivity contribution is 7.98. The lowest BCUT2D eigenvalue weighted by molar-refractivity contribution is -0.118. The number of aromatic nitrogens is 1. The molecule has 116 valence electrons. The molecule has 0 fully saturated rings. The third kappa shape index (κ3) is 3.20. The van der Waals surface area contributed by atoms with Gasteiger partial charge in [-0.05, 0) is 43.5 Å². The molecule has 22 heavy (non-hydrogen) atoms. The standard InChI is InChI=1S/C17H21N3OS/c1-13-16-7-4-8-19(16)9-10-20(13)12-17(21)18-14-5-3-6-15(11-14)22-2/h3-8,11,13H,9-10,12H2,1-2H3,(H,18,21). The number of fused-ring (bicyclic) bond motifs is 1. The first-order chi connectivity index (χ1) is 10.7. The van der Waals surface area contributed by atoms with E-state index in [1.807, 2.05) is 30.5 Å². The largest absolute Gasteiger partial charge is 0.349 e. The molecule has 1 aromatic heterocycles. The lowest BCUT2D eigenvalue weighted by Gasteiger charge is -2.34. The number of anilines is 1. The maximum atomic E-state index is 12.3. The van der Waals surface area contributed by atoms with Crippen molar-refractivity contribution in [2.24, 2.45) is 0 Å². The molecule has 2 aromatic rings. The zero-order valence-corrected chi connectivity index (χ0v) is 13.8. The maximum Gasteiger partial charge on any atom is 0.238 e. The normalized spacial score (nSPS) is 18.0. The van der Waals surface area contributed by atoms with Crippen LogP contribution in [0.1, 0.15) is 18.7 Å². The molecule has 4 nitrogen and oxygen atoms in total.